The number of pyridine rings is 1. The van der Waals surface area contributed by atoms with Crippen LogP contribution >= 0.6 is 0 Å². The maximum atomic E-state index is 15.1. The number of fused-ring (bicyclic) bond motifs is 3. The second kappa shape index (κ2) is 8.54. The lowest BCUT2D eigenvalue weighted by Crippen LogP contribution is -2.54. The maximum absolute atomic E-state index is 15.1. The zero-order valence-electron chi connectivity index (χ0n) is 19.9. The van der Waals surface area contributed by atoms with E-state index in [0.29, 0.717) is 10.9 Å². The van der Waals surface area contributed by atoms with Crippen LogP contribution in [-0.4, -0.2) is 13.1 Å². The third-order valence-electron chi connectivity index (χ3n) is 6.98. The SMILES string of the molecule is C[Si](C)(c1ccc(F)cc1)c1cc(-c2cccc3c2oc2cc(-c4ccccc4)ccc23)ncc1F. The molecule has 0 amide bonds. The Balaban J connectivity index is 1.49. The van der Waals surface area contributed by atoms with Gasteiger partial charge in [-0.1, -0.05) is 78.9 Å². The molecule has 6 rings (SSSR count). The predicted molar refractivity (Wildman–Crippen MR) is 145 cm³/mol. The molecule has 0 radical (unpaired) electrons. The Morgan fingerprint density at radius 2 is 1.50 bits per heavy atom. The van der Waals surface area contributed by atoms with Crippen molar-refractivity contribution in [2.75, 3.05) is 0 Å². The molecule has 0 saturated heterocycles. The van der Waals surface area contributed by atoms with Crippen LogP contribution < -0.4 is 10.4 Å². The van der Waals surface area contributed by atoms with Crippen molar-refractivity contribution < 1.29 is 13.2 Å². The van der Waals surface area contributed by atoms with Gasteiger partial charge in [0.25, 0.3) is 0 Å². The second-order valence-electron chi connectivity index (χ2n) is 9.54. The van der Waals surface area contributed by atoms with E-state index in [0.717, 1.165) is 43.8 Å². The van der Waals surface area contributed by atoms with E-state index in [2.05, 4.69) is 48.4 Å². The highest BCUT2D eigenvalue weighted by Crippen LogP contribution is 2.36. The highest BCUT2D eigenvalue weighted by Gasteiger charge is 2.30. The average Bonchev–Trinajstić information content (AvgIpc) is 3.28. The summed E-state index contributed by atoms with van der Waals surface area (Å²) in [5.41, 5.74) is 5.19. The first-order valence-corrected chi connectivity index (χ1v) is 14.8. The van der Waals surface area contributed by atoms with Crippen LogP contribution in [-0.2, 0) is 0 Å². The normalized spacial score (nSPS) is 11.9. The summed E-state index contributed by atoms with van der Waals surface area (Å²) in [6.07, 6.45) is 1.29. The number of benzene rings is 4. The molecular formula is C31H23F2NOSi. The number of aromatic nitrogens is 1. The largest absolute Gasteiger partial charge is 0.455 e. The third kappa shape index (κ3) is 3.73. The summed E-state index contributed by atoms with van der Waals surface area (Å²) in [4.78, 5) is 4.44. The van der Waals surface area contributed by atoms with E-state index < -0.39 is 8.07 Å². The van der Waals surface area contributed by atoms with Gasteiger partial charge in [-0.15, -0.1) is 0 Å². The number of halogens is 2. The molecule has 0 aliphatic rings. The minimum Gasteiger partial charge on any atom is -0.455 e. The second-order valence-corrected chi connectivity index (χ2v) is 13.9. The molecule has 36 heavy (non-hydrogen) atoms. The Kier molecular flexibility index (Phi) is 5.31. The van der Waals surface area contributed by atoms with E-state index in [-0.39, 0.29) is 11.6 Å². The highest BCUT2D eigenvalue weighted by molar-refractivity contribution is 7.00. The predicted octanol–water partition coefficient (Wildman–Crippen LogP) is 7.42. The smallest absolute Gasteiger partial charge is 0.144 e. The summed E-state index contributed by atoms with van der Waals surface area (Å²) in [7, 11) is -2.44. The van der Waals surface area contributed by atoms with Gasteiger partial charge in [0.2, 0.25) is 0 Å². The molecular weight excluding hydrogens is 468 g/mol. The molecule has 0 atom stereocenters. The van der Waals surface area contributed by atoms with Crippen molar-refractivity contribution >= 4 is 40.4 Å². The summed E-state index contributed by atoms with van der Waals surface area (Å²) in [5.74, 6) is -0.643. The first-order chi connectivity index (χ1) is 17.4. The van der Waals surface area contributed by atoms with Crippen LogP contribution in [0.4, 0.5) is 8.78 Å². The van der Waals surface area contributed by atoms with Crippen molar-refractivity contribution in [3.63, 3.8) is 0 Å². The van der Waals surface area contributed by atoms with Gasteiger partial charge in [-0.25, -0.2) is 8.78 Å². The van der Waals surface area contributed by atoms with E-state index in [9.17, 15) is 4.39 Å². The van der Waals surface area contributed by atoms with Crippen LogP contribution in [0.25, 0.3) is 44.3 Å². The molecule has 0 saturated carbocycles. The number of rotatable bonds is 4. The van der Waals surface area contributed by atoms with Gasteiger partial charge >= 0.3 is 0 Å². The standard InChI is InChI=1S/C31H23F2NOSi/c1-36(2,23-14-12-22(32)13-15-23)30-18-28(34-19-27(30)33)26-10-6-9-25-24-16-11-21(17-29(24)35-31(25)26)20-7-4-3-5-8-20/h3-19H,1-2H3. The fourth-order valence-electron chi connectivity index (χ4n) is 4.90. The fraction of sp³-hybridized carbons (Fsp3) is 0.0645. The summed E-state index contributed by atoms with van der Waals surface area (Å²) in [6, 6.07) is 30.6. The average molecular weight is 492 g/mol. The Hall–Kier alpha value is -4.09. The minimum atomic E-state index is -2.44. The molecule has 2 aromatic heterocycles. The lowest BCUT2D eigenvalue weighted by atomic mass is 10.0. The van der Waals surface area contributed by atoms with Gasteiger partial charge in [0, 0.05) is 16.3 Å². The molecule has 2 heterocycles. The monoisotopic (exact) mass is 491 g/mol. The van der Waals surface area contributed by atoms with E-state index in [4.69, 9.17) is 4.42 Å². The van der Waals surface area contributed by atoms with Crippen LogP contribution in [0, 0.1) is 11.6 Å². The molecule has 0 N–H and O–H groups in total. The van der Waals surface area contributed by atoms with Crippen LogP contribution in [0.15, 0.2) is 108 Å². The number of hydrogen-bond acceptors (Lipinski definition) is 2. The quantitative estimate of drug-likeness (QED) is 0.240. The zero-order valence-corrected chi connectivity index (χ0v) is 20.9. The molecule has 6 aromatic rings. The van der Waals surface area contributed by atoms with Crippen molar-refractivity contribution in [1.82, 2.24) is 4.98 Å². The summed E-state index contributed by atoms with van der Waals surface area (Å²) >= 11 is 0. The number of hydrogen-bond donors (Lipinski definition) is 0. The minimum absolute atomic E-state index is 0.300. The molecule has 0 unspecified atom stereocenters. The van der Waals surface area contributed by atoms with Crippen molar-refractivity contribution in [2.45, 2.75) is 13.1 Å². The van der Waals surface area contributed by atoms with Crippen LogP contribution in [0.1, 0.15) is 0 Å². The van der Waals surface area contributed by atoms with E-state index in [1.165, 1.54) is 18.3 Å². The van der Waals surface area contributed by atoms with Crippen LogP contribution in [0.5, 0.6) is 0 Å². The zero-order chi connectivity index (χ0) is 24.9. The van der Waals surface area contributed by atoms with Crippen molar-refractivity contribution in [2.24, 2.45) is 0 Å². The van der Waals surface area contributed by atoms with Gasteiger partial charge in [-0.2, -0.15) is 0 Å². The summed E-state index contributed by atoms with van der Waals surface area (Å²) < 4.78 is 35.0. The molecule has 2 nitrogen and oxygen atoms in total. The van der Waals surface area contributed by atoms with E-state index >= 15 is 4.39 Å². The van der Waals surface area contributed by atoms with Gasteiger partial charge in [-0.3, -0.25) is 4.98 Å². The van der Waals surface area contributed by atoms with Gasteiger partial charge < -0.3 is 4.42 Å². The molecule has 0 spiro atoms. The van der Waals surface area contributed by atoms with Gasteiger partial charge in [-0.05, 0) is 52.7 Å². The summed E-state index contributed by atoms with van der Waals surface area (Å²) in [6.45, 7) is 4.13. The summed E-state index contributed by atoms with van der Waals surface area (Å²) in [5, 5.41) is 3.59. The Morgan fingerprint density at radius 1 is 0.722 bits per heavy atom. The Bertz CT molecular complexity index is 1720. The van der Waals surface area contributed by atoms with Crippen LogP contribution in [0.3, 0.4) is 0 Å². The van der Waals surface area contributed by atoms with Crippen LogP contribution in [0.2, 0.25) is 13.1 Å². The van der Waals surface area contributed by atoms with E-state index in [1.54, 1.807) is 12.1 Å². The molecule has 0 fully saturated rings. The van der Waals surface area contributed by atoms with Crippen molar-refractivity contribution in [3.05, 3.63) is 115 Å². The third-order valence-corrected chi connectivity index (χ3v) is 10.5. The van der Waals surface area contributed by atoms with E-state index in [1.807, 2.05) is 42.5 Å². The molecule has 4 aromatic carbocycles. The molecule has 0 aliphatic carbocycles. The number of nitrogens with zero attached hydrogens (tertiary/aromatic N) is 1. The molecule has 0 aliphatic heterocycles. The van der Waals surface area contributed by atoms with Crippen molar-refractivity contribution in [3.8, 4) is 22.4 Å². The first-order valence-electron chi connectivity index (χ1n) is 11.8. The van der Waals surface area contributed by atoms with Gasteiger partial charge in [0.1, 0.15) is 30.9 Å². The van der Waals surface area contributed by atoms with Gasteiger partial charge in [0.15, 0.2) is 0 Å². The Morgan fingerprint density at radius 3 is 2.28 bits per heavy atom. The highest BCUT2D eigenvalue weighted by atomic mass is 28.3. The number of para-hydroxylation sites is 1. The molecule has 176 valence electrons. The lowest BCUT2D eigenvalue weighted by Gasteiger charge is -2.24. The van der Waals surface area contributed by atoms with Crippen molar-refractivity contribution in [1.29, 1.82) is 0 Å². The van der Waals surface area contributed by atoms with Gasteiger partial charge in [0.05, 0.1) is 11.9 Å². The first kappa shape index (κ1) is 22.4. The number of furan rings is 1. The molecule has 0 bridgehead atoms. The maximum Gasteiger partial charge on any atom is 0.144 e. The lowest BCUT2D eigenvalue weighted by molar-refractivity contribution is 0.628. The topological polar surface area (TPSA) is 26.0 Å². The fourth-order valence-corrected chi connectivity index (χ4v) is 7.37. The Labute approximate surface area is 208 Å². The molecule has 5 heteroatoms.